The number of rotatable bonds is 6. The van der Waals surface area contributed by atoms with Gasteiger partial charge in [0.2, 0.25) is 5.91 Å². The van der Waals surface area contributed by atoms with Crippen LogP contribution in [0.2, 0.25) is 0 Å². The van der Waals surface area contributed by atoms with Crippen molar-refractivity contribution < 1.29 is 4.79 Å². The molecule has 0 aliphatic carbocycles. The first-order valence-corrected chi connectivity index (χ1v) is 7.82. The maximum absolute atomic E-state index is 12.0. The van der Waals surface area contributed by atoms with Gasteiger partial charge in [-0.1, -0.05) is 18.2 Å². The molecular formula is C17H21N5O. The van der Waals surface area contributed by atoms with E-state index in [1.165, 1.54) is 0 Å². The lowest BCUT2D eigenvalue weighted by Gasteiger charge is -2.07. The second-order valence-electron chi connectivity index (χ2n) is 5.71. The number of nitrogens with one attached hydrogen (secondary N) is 1. The summed E-state index contributed by atoms with van der Waals surface area (Å²) in [6.45, 7) is 5.57. The molecule has 0 saturated carbocycles. The molecule has 1 aromatic carbocycles. The standard InChI is InChI=1S/C17H21N5O/c1-13-10-14(2)22(20-13)12-17(23)18-8-5-9-21-16-7-4-3-6-15(16)11-19-21/h3-4,6-7,10-11H,5,8-9,12H2,1-2H3,(H,18,23). The Balaban J connectivity index is 1.46. The van der Waals surface area contributed by atoms with Gasteiger partial charge in [0.15, 0.2) is 0 Å². The van der Waals surface area contributed by atoms with E-state index in [1.807, 2.05) is 42.9 Å². The fraction of sp³-hybridized carbons (Fsp3) is 0.353. The van der Waals surface area contributed by atoms with Crippen molar-refractivity contribution in [2.75, 3.05) is 6.54 Å². The van der Waals surface area contributed by atoms with E-state index < -0.39 is 0 Å². The fourth-order valence-corrected chi connectivity index (χ4v) is 2.69. The summed E-state index contributed by atoms with van der Waals surface area (Å²) in [5, 5.41) is 12.8. The SMILES string of the molecule is Cc1cc(C)n(CC(=O)NCCCn2ncc3ccccc32)n1. The van der Waals surface area contributed by atoms with E-state index >= 15 is 0 Å². The maximum atomic E-state index is 12.0. The number of carbonyl (C=O) groups excluding carboxylic acids is 1. The molecule has 0 spiro atoms. The van der Waals surface area contributed by atoms with Gasteiger partial charge in [0.25, 0.3) is 0 Å². The van der Waals surface area contributed by atoms with Gasteiger partial charge in [-0.25, -0.2) is 0 Å². The fourth-order valence-electron chi connectivity index (χ4n) is 2.69. The van der Waals surface area contributed by atoms with E-state index in [0.29, 0.717) is 6.54 Å². The van der Waals surface area contributed by atoms with Crippen LogP contribution in [0.15, 0.2) is 36.5 Å². The van der Waals surface area contributed by atoms with Crippen LogP contribution >= 0.6 is 0 Å². The predicted octanol–water partition coefficient (Wildman–Crippen LogP) is 2.06. The van der Waals surface area contributed by atoms with E-state index in [1.54, 1.807) is 4.68 Å². The number of aromatic nitrogens is 4. The van der Waals surface area contributed by atoms with Crippen molar-refractivity contribution in [3.63, 3.8) is 0 Å². The lowest BCUT2D eigenvalue weighted by molar-refractivity contribution is -0.121. The van der Waals surface area contributed by atoms with Gasteiger partial charge >= 0.3 is 0 Å². The van der Waals surface area contributed by atoms with Gasteiger partial charge in [0.1, 0.15) is 6.54 Å². The summed E-state index contributed by atoms with van der Waals surface area (Å²) in [4.78, 5) is 12.0. The van der Waals surface area contributed by atoms with Crippen LogP contribution in [0.5, 0.6) is 0 Å². The zero-order chi connectivity index (χ0) is 16.2. The van der Waals surface area contributed by atoms with E-state index in [0.717, 1.165) is 35.3 Å². The Morgan fingerprint density at radius 1 is 1.22 bits per heavy atom. The number of fused-ring (bicyclic) bond motifs is 1. The first-order valence-electron chi connectivity index (χ1n) is 7.82. The lowest BCUT2D eigenvalue weighted by atomic mass is 10.2. The highest BCUT2D eigenvalue weighted by molar-refractivity contribution is 5.78. The average Bonchev–Trinajstić information content (AvgIpc) is 3.07. The summed E-state index contributed by atoms with van der Waals surface area (Å²) in [5.74, 6) is -0.0125. The molecule has 1 amide bonds. The third kappa shape index (κ3) is 3.59. The van der Waals surface area contributed by atoms with Gasteiger partial charge < -0.3 is 5.32 Å². The summed E-state index contributed by atoms with van der Waals surface area (Å²) in [7, 11) is 0. The summed E-state index contributed by atoms with van der Waals surface area (Å²) in [5.41, 5.74) is 3.06. The molecule has 23 heavy (non-hydrogen) atoms. The van der Waals surface area contributed by atoms with Crippen LogP contribution in [0.4, 0.5) is 0 Å². The van der Waals surface area contributed by atoms with Crippen molar-refractivity contribution in [3.8, 4) is 0 Å². The minimum Gasteiger partial charge on any atom is -0.354 e. The minimum absolute atomic E-state index is 0.0125. The molecule has 120 valence electrons. The Morgan fingerprint density at radius 3 is 2.83 bits per heavy atom. The highest BCUT2D eigenvalue weighted by Crippen LogP contribution is 2.12. The van der Waals surface area contributed by atoms with E-state index in [9.17, 15) is 4.79 Å². The van der Waals surface area contributed by atoms with Crippen molar-refractivity contribution in [2.24, 2.45) is 0 Å². The molecular weight excluding hydrogens is 290 g/mol. The quantitative estimate of drug-likeness (QED) is 0.709. The van der Waals surface area contributed by atoms with Crippen molar-refractivity contribution in [1.29, 1.82) is 0 Å². The number of para-hydroxylation sites is 1. The summed E-state index contributed by atoms with van der Waals surface area (Å²) < 4.78 is 3.70. The number of carbonyl (C=O) groups is 1. The Labute approximate surface area is 135 Å². The second kappa shape index (κ2) is 6.64. The Hall–Kier alpha value is -2.63. The smallest absolute Gasteiger partial charge is 0.241 e. The molecule has 3 aromatic rings. The number of amides is 1. The Kier molecular flexibility index (Phi) is 4.41. The van der Waals surface area contributed by atoms with E-state index in [2.05, 4.69) is 27.6 Å². The van der Waals surface area contributed by atoms with Gasteiger partial charge in [0.05, 0.1) is 17.4 Å². The van der Waals surface area contributed by atoms with E-state index in [4.69, 9.17) is 0 Å². The topological polar surface area (TPSA) is 64.7 Å². The van der Waals surface area contributed by atoms with Crippen molar-refractivity contribution in [2.45, 2.75) is 33.4 Å². The zero-order valence-electron chi connectivity index (χ0n) is 13.5. The normalized spacial score (nSPS) is 11.0. The monoisotopic (exact) mass is 311 g/mol. The molecule has 1 N–H and O–H groups in total. The third-order valence-corrected chi connectivity index (χ3v) is 3.82. The summed E-state index contributed by atoms with van der Waals surface area (Å²) >= 11 is 0. The number of hydrogen-bond acceptors (Lipinski definition) is 3. The van der Waals surface area contributed by atoms with Crippen molar-refractivity contribution in [1.82, 2.24) is 24.9 Å². The lowest BCUT2D eigenvalue weighted by Crippen LogP contribution is -2.29. The largest absolute Gasteiger partial charge is 0.354 e. The molecule has 0 saturated heterocycles. The molecule has 0 bridgehead atoms. The molecule has 0 aliphatic rings. The number of benzene rings is 1. The van der Waals surface area contributed by atoms with Gasteiger partial charge in [-0.05, 0) is 32.4 Å². The molecule has 0 radical (unpaired) electrons. The second-order valence-corrected chi connectivity index (χ2v) is 5.71. The number of hydrogen-bond donors (Lipinski definition) is 1. The summed E-state index contributed by atoms with van der Waals surface area (Å²) in [6, 6.07) is 10.1. The molecule has 0 aliphatic heterocycles. The molecule has 2 heterocycles. The minimum atomic E-state index is -0.0125. The molecule has 3 rings (SSSR count). The molecule has 0 atom stereocenters. The van der Waals surface area contributed by atoms with Crippen LogP contribution in [0.3, 0.4) is 0 Å². The van der Waals surface area contributed by atoms with Crippen LogP contribution < -0.4 is 5.32 Å². The summed E-state index contributed by atoms with van der Waals surface area (Å²) in [6.07, 6.45) is 2.71. The average molecular weight is 311 g/mol. The number of nitrogens with zero attached hydrogens (tertiary/aromatic N) is 4. The molecule has 2 aromatic heterocycles. The molecule has 6 heteroatoms. The van der Waals surface area contributed by atoms with Crippen molar-refractivity contribution >= 4 is 16.8 Å². The Bertz CT molecular complexity index is 817. The van der Waals surface area contributed by atoms with Gasteiger partial charge in [-0.15, -0.1) is 0 Å². The Morgan fingerprint density at radius 2 is 2.04 bits per heavy atom. The van der Waals surface area contributed by atoms with Crippen LogP contribution in [0, 0.1) is 13.8 Å². The maximum Gasteiger partial charge on any atom is 0.241 e. The zero-order valence-corrected chi connectivity index (χ0v) is 13.5. The first kappa shape index (κ1) is 15.3. The van der Waals surface area contributed by atoms with Crippen LogP contribution in [0.25, 0.3) is 10.9 Å². The van der Waals surface area contributed by atoms with Gasteiger partial charge in [-0.3, -0.25) is 14.2 Å². The van der Waals surface area contributed by atoms with Crippen LogP contribution in [-0.2, 0) is 17.9 Å². The van der Waals surface area contributed by atoms with Gasteiger partial charge in [-0.2, -0.15) is 10.2 Å². The first-order chi connectivity index (χ1) is 11.1. The van der Waals surface area contributed by atoms with Crippen molar-refractivity contribution in [3.05, 3.63) is 47.9 Å². The molecule has 0 fully saturated rings. The third-order valence-electron chi connectivity index (χ3n) is 3.82. The predicted molar refractivity (Wildman–Crippen MR) is 89.1 cm³/mol. The highest BCUT2D eigenvalue weighted by Gasteiger charge is 2.07. The van der Waals surface area contributed by atoms with Crippen LogP contribution in [-0.4, -0.2) is 32.0 Å². The van der Waals surface area contributed by atoms with Crippen LogP contribution in [0.1, 0.15) is 17.8 Å². The molecule has 0 unspecified atom stereocenters. The molecule has 6 nitrogen and oxygen atoms in total. The van der Waals surface area contributed by atoms with Gasteiger partial charge in [0, 0.05) is 24.2 Å². The van der Waals surface area contributed by atoms with E-state index in [-0.39, 0.29) is 12.5 Å². The number of aryl methyl sites for hydroxylation is 3. The highest BCUT2D eigenvalue weighted by atomic mass is 16.2.